The molecular formula is C8H13NO2S2. The fraction of sp³-hybridized carbons (Fsp3) is 0.875. The van der Waals surface area contributed by atoms with Gasteiger partial charge in [-0.05, 0) is 12.2 Å². The van der Waals surface area contributed by atoms with Gasteiger partial charge in [-0.3, -0.25) is 10.1 Å². The van der Waals surface area contributed by atoms with Crippen LogP contribution >= 0.6 is 23.5 Å². The fourth-order valence-electron chi connectivity index (χ4n) is 1.85. The lowest BCUT2D eigenvalue weighted by molar-refractivity contribution is -0.138. The lowest BCUT2D eigenvalue weighted by Crippen LogP contribution is -2.48. The highest BCUT2D eigenvalue weighted by molar-refractivity contribution is 8.05. The lowest BCUT2D eigenvalue weighted by atomic mass is 10.1. The van der Waals surface area contributed by atoms with Crippen LogP contribution < -0.4 is 5.32 Å². The molecule has 0 saturated carbocycles. The number of thioether (sulfide) groups is 2. The molecule has 2 aliphatic heterocycles. The summed E-state index contributed by atoms with van der Waals surface area (Å²) in [5, 5.41) is 12.6. The second-order valence-electron chi connectivity index (χ2n) is 3.50. The lowest BCUT2D eigenvalue weighted by Gasteiger charge is -2.27. The van der Waals surface area contributed by atoms with Gasteiger partial charge in [0.15, 0.2) is 0 Å². The summed E-state index contributed by atoms with van der Waals surface area (Å²) >= 11 is 3.71. The van der Waals surface area contributed by atoms with Gasteiger partial charge in [-0.1, -0.05) is 6.92 Å². The molecule has 2 aliphatic rings. The number of carboxylic acids is 1. The third-order valence-electron chi connectivity index (χ3n) is 2.72. The molecule has 0 radical (unpaired) electrons. The Bertz CT molecular complexity index is 236. The maximum absolute atomic E-state index is 10.8. The summed E-state index contributed by atoms with van der Waals surface area (Å²) in [6.07, 6.45) is 1.09. The number of carbonyl (C=O) groups is 1. The maximum atomic E-state index is 10.8. The standard InChI is InChI=1S/C8H13NO2S2/c1-5-8(2-3-12-5)9-6(4-13-8)7(10)11/h5-6,9H,2-4H2,1H3,(H,10,11). The Balaban J connectivity index is 2.07. The molecule has 2 heterocycles. The zero-order valence-electron chi connectivity index (χ0n) is 7.45. The maximum Gasteiger partial charge on any atom is 0.321 e. The molecule has 5 heteroatoms. The van der Waals surface area contributed by atoms with E-state index < -0.39 is 5.97 Å². The van der Waals surface area contributed by atoms with E-state index in [-0.39, 0.29) is 10.9 Å². The predicted octanol–water partition coefficient (Wildman–Crippen LogP) is 0.998. The van der Waals surface area contributed by atoms with Crippen molar-refractivity contribution in [1.82, 2.24) is 5.32 Å². The van der Waals surface area contributed by atoms with Gasteiger partial charge in [-0.15, -0.1) is 11.8 Å². The molecule has 2 saturated heterocycles. The molecule has 1 spiro atoms. The number of aliphatic carboxylic acids is 1. The van der Waals surface area contributed by atoms with E-state index in [1.807, 2.05) is 11.8 Å². The molecule has 2 rings (SSSR count). The van der Waals surface area contributed by atoms with Crippen LogP contribution in [0.2, 0.25) is 0 Å². The van der Waals surface area contributed by atoms with Crippen molar-refractivity contribution in [3.05, 3.63) is 0 Å². The fourth-order valence-corrected chi connectivity index (χ4v) is 5.03. The molecule has 0 amide bonds. The van der Waals surface area contributed by atoms with E-state index in [4.69, 9.17) is 5.11 Å². The monoisotopic (exact) mass is 219 g/mol. The van der Waals surface area contributed by atoms with Gasteiger partial charge in [0.1, 0.15) is 6.04 Å². The van der Waals surface area contributed by atoms with E-state index in [1.165, 1.54) is 0 Å². The third-order valence-corrected chi connectivity index (χ3v) is 5.90. The minimum atomic E-state index is -0.714. The number of rotatable bonds is 1. The molecule has 3 unspecified atom stereocenters. The van der Waals surface area contributed by atoms with Gasteiger partial charge >= 0.3 is 5.97 Å². The van der Waals surface area contributed by atoms with Gasteiger partial charge in [-0.25, -0.2) is 0 Å². The van der Waals surface area contributed by atoms with Crippen LogP contribution in [0.3, 0.4) is 0 Å². The van der Waals surface area contributed by atoms with Gasteiger partial charge in [0.25, 0.3) is 0 Å². The Kier molecular flexibility index (Phi) is 2.51. The molecule has 0 aromatic carbocycles. The SMILES string of the molecule is CC1SCCC12NC(C(=O)O)CS2. The first kappa shape index (κ1) is 9.68. The summed E-state index contributed by atoms with van der Waals surface area (Å²) in [7, 11) is 0. The Hall–Kier alpha value is 0.130. The van der Waals surface area contributed by atoms with Gasteiger partial charge in [0, 0.05) is 11.0 Å². The molecular weight excluding hydrogens is 206 g/mol. The second kappa shape index (κ2) is 3.37. The molecule has 13 heavy (non-hydrogen) atoms. The van der Waals surface area contributed by atoms with E-state index in [0.717, 1.165) is 12.2 Å². The molecule has 0 aliphatic carbocycles. The number of hydrogen-bond donors (Lipinski definition) is 2. The van der Waals surface area contributed by atoms with Crippen molar-refractivity contribution in [2.45, 2.75) is 29.5 Å². The van der Waals surface area contributed by atoms with E-state index in [9.17, 15) is 4.79 Å². The quantitative estimate of drug-likeness (QED) is 0.689. The van der Waals surface area contributed by atoms with E-state index in [2.05, 4.69) is 12.2 Å². The zero-order valence-corrected chi connectivity index (χ0v) is 9.08. The van der Waals surface area contributed by atoms with Crippen molar-refractivity contribution in [1.29, 1.82) is 0 Å². The first-order chi connectivity index (χ1) is 6.14. The average Bonchev–Trinajstić information content (AvgIpc) is 2.63. The predicted molar refractivity (Wildman–Crippen MR) is 56.3 cm³/mol. The summed E-state index contributed by atoms with van der Waals surface area (Å²) in [6, 6.07) is -0.342. The van der Waals surface area contributed by atoms with Crippen molar-refractivity contribution in [2.24, 2.45) is 0 Å². The van der Waals surface area contributed by atoms with Crippen LogP contribution in [0.5, 0.6) is 0 Å². The highest BCUT2D eigenvalue weighted by Gasteiger charge is 2.48. The number of hydrogen-bond acceptors (Lipinski definition) is 4. The first-order valence-corrected chi connectivity index (χ1v) is 6.43. The molecule has 74 valence electrons. The molecule has 0 aromatic heterocycles. The first-order valence-electron chi connectivity index (χ1n) is 4.40. The highest BCUT2D eigenvalue weighted by atomic mass is 32.2. The van der Waals surface area contributed by atoms with Gasteiger partial charge in [0.2, 0.25) is 0 Å². The highest BCUT2D eigenvalue weighted by Crippen LogP contribution is 2.46. The van der Waals surface area contributed by atoms with Crippen LogP contribution in [0, 0.1) is 0 Å². The van der Waals surface area contributed by atoms with Crippen LogP contribution in [-0.4, -0.2) is 38.7 Å². The smallest absolute Gasteiger partial charge is 0.321 e. The summed E-state index contributed by atoms with van der Waals surface area (Å²) in [6.45, 7) is 2.18. The normalized spacial score (nSPS) is 44.4. The second-order valence-corrected chi connectivity index (χ2v) is 6.30. The van der Waals surface area contributed by atoms with Gasteiger partial charge < -0.3 is 5.11 Å². The molecule has 2 N–H and O–H groups in total. The topological polar surface area (TPSA) is 49.3 Å². The van der Waals surface area contributed by atoms with Crippen LogP contribution in [-0.2, 0) is 4.79 Å². The van der Waals surface area contributed by atoms with E-state index in [0.29, 0.717) is 11.0 Å². The summed E-state index contributed by atoms with van der Waals surface area (Å²) in [5.74, 6) is 1.14. The van der Waals surface area contributed by atoms with Gasteiger partial charge in [0.05, 0.1) is 4.87 Å². The minimum Gasteiger partial charge on any atom is -0.480 e. The van der Waals surface area contributed by atoms with Crippen LogP contribution in [0.1, 0.15) is 13.3 Å². The molecule has 0 bridgehead atoms. The largest absolute Gasteiger partial charge is 0.480 e. The van der Waals surface area contributed by atoms with Crippen molar-refractivity contribution in [3.8, 4) is 0 Å². The zero-order chi connectivity index (χ0) is 9.47. The van der Waals surface area contributed by atoms with Crippen LogP contribution in [0.4, 0.5) is 0 Å². The summed E-state index contributed by atoms with van der Waals surface area (Å²) < 4.78 is 0. The number of carboxylic acid groups (broad SMARTS) is 1. The van der Waals surface area contributed by atoms with E-state index >= 15 is 0 Å². The van der Waals surface area contributed by atoms with Crippen LogP contribution in [0.15, 0.2) is 0 Å². The Labute approximate surface area is 86.0 Å². The third kappa shape index (κ3) is 1.57. The molecule has 2 fully saturated rings. The molecule has 3 atom stereocenters. The molecule has 0 aromatic rings. The van der Waals surface area contributed by atoms with Crippen LogP contribution in [0.25, 0.3) is 0 Å². The van der Waals surface area contributed by atoms with Crippen molar-refractivity contribution < 1.29 is 9.90 Å². The van der Waals surface area contributed by atoms with Crippen molar-refractivity contribution in [3.63, 3.8) is 0 Å². The summed E-state index contributed by atoms with van der Waals surface area (Å²) in [5.41, 5.74) is 0. The Morgan fingerprint density at radius 1 is 1.69 bits per heavy atom. The van der Waals surface area contributed by atoms with Gasteiger partial charge in [-0.2, -0.15) is 11.8 Å². The van der Waals surface area contributed by atoms with Crippen molar-refractivity contribution >= 4 is 29.5 Å². The van der Waals surface area contributed by atoms with Crippen molar-refractivity contribution in [2.75, 3.05) is 11.5 Å². The summed E-state index contributed by atoms with van der Waals surface area (Å²) in [4.78, 5) is 10.8. The molecule has 3 nitrogen and oxygen atoms in total. The number of nitrogens with one attached hydrogen (secondary N) is 1. The minimum absolute atomic E-state index is 0.0493. The average molecular weight is 219 g/mol. The van der Waals surface area contributed by atoms with E-state index in [1.54, 1.807) is 11.8 Å². The Morgan fingerprint density at radius 3 is 2.92 bits per heavy atom. The Morgan fingerprint density at radius 2 is 2.46 bits per heavy atom.